The molecule has 0 aromatic heterocycles. The number of carbonyl (C=O) groups is 2. The van der Waals surface area contributed by atoms with Gasteiger partial charge in [-0.15, -0.1) is 0 Å². The maximum Gasteiger partial charge on any atom is 0.257 e. The van der Waals surface area contributed by atoms with E-state index in [0.717, 1.165) is 37.9 Å². The van der Waals surface area contributed by atoms with Crippen LogP contribution in [0.4, 0.5) is 5.69 Å². The molecular weight excluding hydrogens is 494 g/mol. The second kappa shape index (κ2) is 14.8. The second-order valence-corrected chi connectivity index (χ2v) is 10.0. The van der Waals surface area contributed by atoms with E-state index in [1.165, 1.54) is 32.1 Å². The highest BCUT2D eigenvalue weighted by molar-refractivity contribution is 7.80. The van der Waals surface area contributed by atoms with Gasteiger partial charge in [0.05, 0.1) is 17.2 Å². The van der Waals surface area contributed by atoms with Crippen LogP contribution in [0.5, 0.6) is 5.75 Å². The van der Waals surface area contributed by atoms with Crippen molar-refractivity contribution < 1.29 is 14.3 Å². The number of carbonyl (C=O) groups excluding carboxylic acids is 2. The molecule has 0 unspecified atom stereocenters. The molecule has 194 valence electrons. The molecule has 1 fully saturated rings. The highest BCUT2D eigenvalue weighted by atomic mass is 35.5. The van der Waals surface area contributed by atoms with Gasteiger partial charge in [0.1, 0.15) is 5.75 Å². The van der Waals surface area contributed by atoms with Crippen LogP contribution in [0.15, 0.2) is 42.5 Å². The monoisotopic (exact) mass is 529 g/mol. The third-order valence-electron chi connectivity index (χ3n) is 6.27. The van der Waals surface area contributed by atoms with Crippen molar-refractivity contribution in [3.63, 3.8) is 0 Å². The van der Waals surface area contributed by atoms with Crippen molar-refractivity contribution in [2.24, 2.45) is 0 Å². The van der Waals surface area contributed by atoms with Crippen LogP contribution in [0.1, 0.15) is 91.8 Å². The molecule has 1 aliphatic carbocycles. The van der Waals surface area contributed by atoms with Gasteiger partial charge in [0.25, 0.3) is 11.8 Å². The van der Waals surface area contributed by atoms with Gasteiger partial charge in [-0.25, -0.2) is 0 Å². The van der Waals surface area contributed by atoms with Gasteiger partial charge in [-0.1, -0.05) is 63.5 Å². The molecule has 3 rings (SSSR count). The summed E-state index contributed by atoms with van der Waals surface area (Å²) in [6.45, 7) is 2.87. The predicted molar refractivity (Wildman–Crippen MR) is 150 cm³/mol. The Bertz CT molecular complexity index is 1020. The van der Waals surface area contributed by atoms with E-state index >= 15 is 0 Å². The van der Waals surface area contributed by atoms with Crippen LogP contribution < -0.4 is 20.7 Å². The number of hydrogen-bond acceptors (Lipinski definition) is 4. The largest absolute Gasteiger partial charge is 0.494 e. The number of benzene rings is 2. The van der Waals surface area contributed by atoms with E-state index in [1.807, 2.05) is 0 Å². The lowest BCUT2D eigenvalue weighted by molar-refractivity contribution is 0.0926. The van der Waals surface area contributed by atoms with Crippen molar-refractivity contribution in [2.75, 3.05) is 11.9 Å². The first-order chi connectivity index (χ1) is 17.5. The molecule has 2 amide bonds. The zero-order valence-electron chi connectivity index (χ0n) is 20.9. The van der Waals surface area contributed by atoms with Gasteiger partial charge < -0.3 is 15.4 Å². The highest BCUT2D eigenvalue weighted by Gasteiger charge is 2.19. The van der Waals surface area contributed by atoms with Crippen molar-refractivity contribution in [1.82, 2.24) is 10.6 Å². The van der Waals surface area contributed by atoms with Crippen molar-refractivity contribution in [3.8, 4) is 5.75 Å². The average Bonchev–Trinajstić information content (AvgIpc) is 2.88. The number of unbranched alkanes of at least 4 members (excludes halogenated alkanes) is 4. The van der Waals surface area contributed by atoms with Crippen molar-refractivity contribution in [3.05, 3.63) is 58.6 Å². The summed E-state index contributed by atoms with van der Waals surface area (Å²) in [6.07, 6.45) is 11.4. The molecule has 1 saturated carbocycles. The molecule has 6 nitrogen and oxygen atoms in total. The Morgan fingerprint density at radius 1 is 0.972 bits per heavy atom. The zero-order chi connectivity index (χ0) is 25.8. The molecule has 36 heavy (non-hydrogen) atoms. The molecule has 3 N–H and O–H groups in total. The average molecular weight is 530 g/mol. The fraction of sp³-hybridized carbons (Fsp3) is 0.464. The molecule has 2 aromatic carbocycles. The van der Waals surface area contributed by atoms with Gasteiger partial charge in [0.2, 0.25) is 0 Å². The molecule has 0 radical (unpaired) electrons. The third-order valence-corrected chi connectivity index (χ3v) is 6.80. The van der Waals surface area contributed by atoms with Crippen LogP contribution in [0.25, 0.3) is 0 Å². The van der Waals surface area contributed by atoms with Crippen LogP contribution in [0, 0.1) is 0 Å². The first-order valence-corrected chi connectivity index (χ1v) is 13.7. The summed E-state index contributed by atoms with van der Waals surface area (Å²) in [5, 5.41) is 9.21. The predicted octanol–water partition coefficient (Wildman–Crippen LogP) is 6.88. The van der Waals surface area contributed by atoms with Crippen molar-refractivity contribution in [2.45, 2.75) is 77.2 Å². The Balaban J connectivity index is 1.48. The number of amides is 2. The minimum Gasteiger partial charge on any atom is -0.494 e. The Morgan fingerprint density at radius 3 is 2.42 bits per heavy atom. The summed E-state index contributed by atoms with van der Waals surface area (Å²) in [7, 11) is 0. The van der Waals surface area contributed by atoms with Crippen LogP contribution in [-0.4, -0.2) is 29.6 Å². The fourth-order valence-corrected chi connectivity index (χ4v) is 4.64. The van der Waals surface area contributed by atoms with Crippen LogP contribution >= 0.6 is 23.8 Å². The first kappa shape index (κ1) is 27.9. The maximum atomic E-state index is 12.8. The van der Waals surface area contributed by atoms with E-state index in [9.17, 15) is 9.59 Å². The normalized spacial score (nSPS) is 13.6. The molecule has 1 aliphatic rings. The smallest absolute Gasteiger partial charge is 0.257 e. The molecule has 0 aliphatic heterocycles. The van der Waals surface area contributed by atoms with Crippen molar-refractivity contribution in [1.29, 1.82) is 0 Å². The quantitative estimate of drug-likeness (QED) is 0.218. The standard InChI is InChI=1S/C28H36ClN3O3S/c1-2-3-4-5-9-18-35-23-15-12-20(13-16-23)26(33)32-28(36)31-22-14-17-25(29)24(19-22)27(34)30-21-10-7-6-8-11-21/h12-17,19,21H,2-11,18H2,1H3,(H,30,34)(H2,31,32,33,36). The van der Waals surface area contributed by atoms with E-state index in [-0.39, 0.29) is 23.0 Å². The minimum atomic E-state index is -0.331. The summed E-state index contributed by atoms with van der Waals surface area (Å²) in [6, 6.07) is 12.2. The second-order valence-electron chi connectivity index (χ2n) is 9.20. The Hall–Kier alpha value is -2.64. The van der Waals surface area contributed by atoms with Gasteiger partial charge in [0.15, 0.2) is 5.11 Å². The van der Waals surface area contributed by atoms with E-state index in [1.54, 1.807) is 42.5 Å². The number of ether oxygens (including phenoxy) is 1. The Kier molecular flexibility index (Phi) is 11.5. The molecule has 2 aromatic rings. The minimum absolute atomic E-state index is 0.133. The number of thiocarbonyl (C=S) groups is 1. The maximum absolute atomic E-state index is 12.8. The Morgan fingerprint density at radius 2 is 1.69 bits per heavy atom. The number of halogens is 1. The first-order valence-electron chi connectivity index (χ1n) is 12.9. The van der Waals surface area contributed by atoms with E-state index in [2.05, 4.69) is 22.9 Å². The van der Waals surface area contributed by atoms with Gasteiger partial charge >= 0.3 is 0 Å². The fourth-order valence-electron chi connectivity index (χ4n) is 4.22. The summed E-state index contributed by atoms with van der Waals surface area (Å²) >= 11 is 11.6. The van der Waals surface area contributed by atoms with Crippen molar-refractivity contribution >= 4 is 46.4 Å². The van der Waals surface area contributed by atoms with Crippen LogP contribution in [0.2, 0.25) is 5.02 Å². The molecule has 8 heteroatoms. The van der Waals surface area contributed by atoms with E-state index < -0.39 is 0 Å². The highest BCUT2D eigenvalue weighted by Crippen LogP contribution is 2.23. The number of rotatable bonds is 11. The topological polar surface area (TPSA) is 79.5 Å². The Labute approximate surface area is 224 Å². The lowest BCUT2D eigenvalue weighted by Crippen LogP contribution is -2.36. The molecule has 0 atom stereocenters. The zero-order valence-corrected chi connectivity index (χ0v) is 22.5. The lowest BCUT2D eigenvalue weighted by atomic mass is 9.95. The van der Waals surface area contributed by atoms with Gasteiger partial charge in [-0.05, 0) is 73.9 Å². The number of anilines is 1. The third kappa shape index (κ3) is 9.10. The molecule has 0 bridgehead atoms. The summed E-state index contributed by atoms with van der Waals surface area (Å²) in [5.41, 5.74) is 1.42. The summed E-state index contributed by atoms with van der Waals surface area (Å²) in [5.74, 6) is 0.208. The molecular formula is C28H36ClN3O3S. The number of hydrogen-bond donors (Lipinski definition) is 3. The van der Waals surface area contributed by atoms with Crippen LogP contribution in [-0.2, 0) is 0 Å². The van der Waals surface area contributed by atoms with Crippen LogP contribution in [0.3, 0.4) is 0 Å². The molecule has 0 spiro atoms. The van der Waals surface area contributed by atoms with Gasteiger partial charge in [0, 0.05) is 17.3 Å². The summed E-state index contributed by atoms with van der Waals surface area (Å²) in [4.78, 5) is 25.4. The molecule has 0 heterocycles. The van der Waals surface area contributed by atoms with E-state index in [4.69, 9.17) is 28.6 Å². The number of nitrogens with one attached hydrogen (secondary N) is 3. The SMILES string of the molecule is CCCCCCCOc1ccc(C(=O)NC(=S)Nc2ccc(Cl)c(C(=O)NC3CCCCC3)c2)cc1. The lowest BCUT2D eigenvalue weighted by Gasteiger charge is -2.23. The summed E-state index contributed by atoms with van der Waals surface area (Å²) < 4.78 is 5.76. The van der Waals surface area contributed by atoms with Gasteiger partial charge in [-0.3, -0.25) is 14.9 Å². The van der Waals surface area contributed by atoms with Gasteiger partial charge in [-0.2, -0.15) is 0 Å². The molecule has 0 saturated heterocycles. The van der Waals surface area contributed by atoms with E-state index in [0.29, 0.717) is 28.4 Å².